The third kappa shape index (κ3) is 15.3. The van der Waals surface area contributed by atoms with Gasteiger partial charge in [0.1, 0.15) is 34.8 Å². The Kier molecular flexibility index (Phi) is 14.9. The highest BCUT2D eigenvalue weighted by Crippen LogP contribution is 2.20. The highest BCUT2D eigenvalue weighted by molar-refractivity contribution is 7.98. The molecule has 2 rings (SSSR count). The van der Waals surface area contributed by atoms with Crippen molar-refractivity contribution in [2.45, 2.75) is 76.3 Å². The van der Waals surface area contributed by atoms with E-state index in [1.807, 2.05) is 48.5 Å². The van der Waals surface area contributed by atoms with E-state index in [1.54, 1.807) is 55.8 Å². The van der Waals surface area contributed by atoms with Crippen molar-refractivity contribution in [3.05, 3.63) is 59.7 Å². The normalized spacial score (nSPS) is 12.7. The Bertz CT molecular complexity index is 1160. The maximum absolute atomic E-state index is 13.2. The maximum Gasteiger partial charge on any atom is 0.408 e. The van der Waals surface area contributed by atoms with Crippen LogP contribution in [0.2, 0.25) is 0 Å². The summed E-state index contributed by atoms with van der Waals surface area (Å²) in [6.45, 7) is 10.2. The molecule has 0 radical (unpaired) electrons. The fourth-order valence-electron chi connectivity index (χ4n) is 3.51. The van der Waals surface area contributed by atoms with Gasteiger partial charge in [-0.3, -0.25) is 0 Å². The highest BCUT2D eigenvalue weighted by atomic mass is 32.2. The number of hydrogen-bond acceptors (Lipinski definition) is 11. The van der Waals surface area contributed by atoms with Crippen LogP contribution in [0.15, 0.2) is 48.5 Å². The van der Waals surface area contributed by atoms with Gasteiger partial charge in [0.2, 0.25) is 0 Å². The lowest BCUT2D eigenvalue weighted by molar-refractivity contribution is -0.162. The Hall–Kier alpha value is -3.58. The predicted molar refractivity (Wildman–Crippen MR) is 176 cm³/mol. The lowest BCUT2D eigenvalue weighted by Gasteiger charge is -2.24. The summed E-state index contributed by atoms with van der Waals surface area (Å²) >= 11 is 2.71. The van der Waals surface area contributed by atoms with Gasteiger partial charge in [-0.25, -0.2) is 19.2 Å². The third-order valence-electron chi connectivity index (χ3n) is 5.58. The van der Waals surface area contributed by atoms with Crippen LogP contribution in [0.3, 0.4) is 0 Å². The first kappa shape index (κ1) is 37.6. The van der Waals surface area contributed by atoms with Gasteiger partial charge in [-0.1, -0.05) is 24.3 Å². The molecule has 0 saturated heterocycles. The monoisotopic (exact) mass is 664 g/mol. The second-order valence-corrected chi connectivity index (χ2v) is 13.9. The second kappa shape index (κ2) is 17.8. The van der Waals surface area contributed by atoms with Crippen molar-refractivity contribution >= 4 is 47.6 Å². The van der Waals surface area contributed by atoms with Gasteiger partial charge in [0, 0.05) is 23.0 Å². The molecular weight excluding hydrogens is 620 g/mol. The SMILES string of the molecule is COc1ccc(CSC[C@H](NC(=O)OC(C)(C)C)C(=O)OC(=O)[C@H](CSCc2ccc(OC)cc2)NC(=O)OC(C)(C)C)cc1. The van der Waals surface area contributed by atoms with E-state index in [2.05, 4.69) is 10.6 Å². The Morgan fingerprint density at radius 1 is 0.622 bits per heavy atom. The fraction of sp³-hybridized carbons (Fsp3) is 0.500. The molecule has 0 bridgehead atoms. The molecule has 2 aromatic carbocycles. The van der Waals surface area contributed by atoms with E-state index in [9.17, 15) is 19.2 Å². The molecule has 0 spiro atoms. The van der Waals surface area contributed by atoms with Crippen LogP contribution in [0.5, 0.6) is 11.5 Å². The van der Waals surface area contributed by atoms with Crippen molar-refractivity contribution in [3.63, 3.8) is 0 Å². The molecule has 0 heterocycles. The van der Waals surface area contributed by atoms with E-state index >= 15 is 0 Å². The predicted octanol–water partition coefficient (Wildman–Crippen LogP) is 5.73. The molecule has 2 N–H and O–H groups in total. The van der Waals surface area contributed by atoms with Crippen molar-refractivity contribution in [2.24, 2.45) is 0 Å². The first-order valence-electron chi connectivity index (χ1n) is 14.2. The molecule has 2 aromatic rings. The number of nitrogens with one attached hydrogen (secondary N) is 2. The number of carbonyl (C=O) groups excluding carboxylic acids is 4. The number of carbonyl (C=O) groups is 4. The van der Waals surface area contributed by atoms with Crippen LogP contribution < -0.4 is 20.1 Å². The number of thioether (sulfide) groups is 2. The van der Waals surface area contributed by atoms with Crippen LogP contribution in [0.4, 0.5) is 9.59 Å². The Balaban J connectivity index is 2.13. The van der Waals surface area contributed by atoms with E-state index in [4.69, 9.17) is 23.7 Å². The average molecular weight is 665 g/mol. The fourth-order valence-corrected chi connectivity index (χ4v) is 5.51. The first-order valence-corrected chi connectivity index (χ1v) is 16.6. The first-order chi connectivity index (χ1) is 21.1. The van der Waals surface area contributed by atoms with Crippen molar-refractivity contribution in [3.8, 4) is 11.5 Å². The van der Waals surface area contributed by atoms with Crippen molar-refractivity contribution in [2.75, 3.05) is 25.7 Å². The summed E-state index contributed by atoms with van der Waals surface area (Å²) in [6.07, 6.45) is -1.67. The molecule has 0 aliphatic heterocycles. The number of benzene rings is 2. The van der Waals surface area contributed by atoms with Crippen LogP contribution >= 0.6 is 23.5 Å². The van der Waals surface area contributed by atoms with Gasteiger partial charge in [-0.2, -0.15) is 23.5 Å². The molecule has 0 aromatic heterocycles. The summed E-state index contributed by atoms with van der Waals surface area (Å²) in [6, 6.07) is 12.4. The molecule has 0 unspecified atom stereocenters. The molecule has 0 aliphatic rings. The molecule has 45 heavy (non-hydrogen) atoms. The Morgan fingerprint density at radius 2 is 0.956 bits per heavy atom. The summed E-state index contributed by atoms with van der Waals surface area (Å²) in [7, 11) is 3.16. The molecule has 2 amide bonds. The van der Waals surface area contributed by atoms with Gasteiger partial charge in [-0.05, 0) is 76.9 Å². The number of rotatable bonds is 14. The van der Waals surface area contributed by atoms with E-state index in [0.29, 0.717) is 23.0 Å². The zero-order chi connectivity index (χ0) is 33.6. The van der Waals surface area contributed by atoms with Gasteiger partial charge >= 0.3 is 24.1 Å². The topological polar surface area (TPSA) is 138 Å². The maximum atomic E-state index is 13.2. The number of esters is 2. The van der Waals surface area contributed by atoms with Crippen LogP contribution in [-0.4, -0.2) is 73.1 Å². The minimum Gasteiger partial charge on any atom is -0.497 e. The molecule has 0 saturated carbocycles. The second-order valence-electron chi connectivity index (χ2n) is 11.9. The zero-order valence-corrected chi connectivity index (χ0v) is 28.7. The van der Waals surface area contributed by atoms with Crippen LogP contribution in [0.1, 0.15) is 52.7 Å². The Morgan fingerprint density at radius 3 is 1.24 bits per heavy atom. The number of hydrogen-bond donors (Lipinski definition) is 2. The smallest absolute Gasteiger partial charge is 0.408 e. The van der Waals surface area contributed by atoms with Crippen molar-refractivity contribution in [1.82, 2.24) is 10.6 Å². The number of ether oxygens (including phenoxy) is 5. The van der Waals surface area contributed by atoms with Gasteiger partial charge < -0.3 is 34.3 Å². The summed E-state index contributed by atoms with van der Waals surface area (Å²) in [5.74, 6) is 0.680. The number of alkyl carbamates (subject to hydrolysis) is 2. The zero-order valence-electron chi connectivity index (χ0n) is 27.1. The molecular formula is C32H44N2O9S2. The van der Waals surface area contributed by atoms with Crippen molar-refractivity contribution < 1.29 is 42.9 Å². The van der Waals surface area contributed by atoms with Crippen LogP contribution in [0, 0.1) is 0 Å². The molecule has 2 atom stereocenters. The lowest BCUT2D eigenvalue weighted by atomic mass is 10.2. The van der Waals surface area contributed by atoms with Crippen molar-refractivity contribution in [1.29, 1.82) is 0 Å². The molecule has 248 valence electrons. The average Bonchev–Trinajstić information content (AvgIpc) is 2.94. The summed E-state index contributed by atoms with van der Waals surface area (Å²) in [5.41, 5.74) is 0.316. The van der Waals surface area contributed by atoms with E-state index < -0.39 is 47.4 Å². The van der Waals surface area contributed by atoms with E-state index in [0.717, 1.165) is 11.1 Å². The summed E-state index contributed by atoms with van der Waals surface area (Å²) in [4.78, 5) is 51.6. The lowest BCUT2D eigenvalue weighted by Crippen LogP contribution is -2.50. The van der Waals surface area contributed by atoms with Crippen LogP contribution in [-0.2, 0) is 35.3 Å². The summed E-state index contributed by atoms with van der Waals surface area (Å²) in [5, 5.41) is 5.02. The van der Waals surface area contributed by atoms with Gasteiger partial charge in [0.05, 0.1) is 14.2 Å². The van der Waals surface area contributed by atoms with E-state index in [-0.39, 0.29) is 11.5 Å². The minimum atomic E-state index is -1.21. The quantitative estimate of drug-likeness (QED) is 0.146. The molecule has 0 fully saturated rings. The molecule has 0 aliphatic carbocycles. The molecule has 13 heteroatoms. The largest absolute Gasteiger partial charge is 0.497 e. The minimum absolute atomic E-state index is 0.0910. The number of amides is 2. The standard InChI is InChI=1S/C32H44N2O9S2/c1-31(2,3)42-29(37)33-25(19-44-17-21-9-13-23(39-7)14-10-21)27(35)41-28(36)26(34-30(38)43-32(4,5)6)20-45-18-22-11-15-24(40-8)16-12-22/h9-16,25-26H,17-20H2,1-8H3,(H,33,37)(H,34,38)/t25-,26-/m0/s1. The third-order valence-corrected chi connectivity index (χ3v) is 7.79. The number of methoxy groups -OCH3 is 2. The van der Waals surface area contributed by atoms with E-state index in [1.165, 1.54) is 23.5 Å². The summed E-state index contributed by atoms with van der Waals surface area (Å²) < 4.78 is 26.2. The van der Waals surface area contributed by atoms with Gasteiger partial charge in [0.15, 0.2) is 0 Å². The van der Waals surface area contributed by atoms with Gasteiger partial charge in [-0.15, -0.1) is 0 Å². The highest BCUT2D eigenvalue weighted by Gasteiger charge is 2.32. The Labute approximate surface area is 273 Å². The van der Waals surface area contributed by atoms with Crippen LogP contribution in [0.25, 0.3) is 0 Å². The molecule has 11 nitrogen and oxygen atoms in total. The van der Waals surface area contributed by atoms with Gasteiger partial charge in [0.25, 0.3) is 0 Å².